The average molecular weight is 275 g/mol. The molecule has 0 bridgehead atoms. The largest absolute Gasteiger partial charge is 0.363 e. The third kappa shape index (κ3) is 3.45. The van der Waals surface area contributed by atoms with Gasteiger partial charge in [-0.3, -0.25) is 10.1 Å². The van der Waals surface area contributed by atoms with Crippen LogP contribution in [0.15, 0.2) is 16.7 Å². The van der Waals surface area contributed by atoms with Gasteiger partial charge in [0.05, 0.1) is 4.92 Å². The number of halogens is 1. The van der Waals surface area contributed by atoms with E-state index >= 15 is 0 Å². The van der Waals surface area contributed by atoms with Crippen molar-refractivity contribution in [3.63, 3.8) is 0 Å². The van der Waals surface area contributed by atoms with E-state index < -0.39 is 4.92 Å². The van der Waals surface area contributed by atoms with Gasteiger partial charge in [0.2, 0.25) is 5.82 Å². The first-order chi connectivity index (χ1) is 7.00. The van der Waals surface area contributed by atoms with Gasteiger partial charge in [0.15, 0.2) is 0 Å². The minimum absolute atomic E-state index is 0.0648. The molecule has 0 spiro atoms. The lowest BCUT2D eigenvalue weighted by atomic mass is 10.3. The van der Waals surface area contributed by atoms with E-state index in [2.05, 4.69) is 26.2 Å². The third-order valence-electron chi connectivity index (χ3n) is 1.62. The van der Waals surface area contributed by atoms with E-state index in [4.69, 9.17) is 5.73 Å². The Morgan fingerprint density at radius 1 is 1.80 bits per heavy atom. The molecule has 0 aliphatic heterocycles. The number of hydrogen-bond donors (Lipinski definition) is 2. The minimum Gasteiger partial charge on any atom is -0.363 e. The Balaban J connectivity index is 2.91. The molecule has 1 heterocycles. The first-order valence-electron chi connectivity index (χ1n) is 4.30. The fourth-order valence-electron chi connectivity index (χ4n) is 0.962. The van der Waals surface area contributed by atoms with Crippen LogP contribution in [0.4, 0.5) is 11.5 Å². The van der Waals surface area contributed by atoms with E-state index in [1.54, 1.807) is 6.92 Å². The maximum atomic E-state index is 10.7. The Kier molecular flexibility index (Phi) is 3.98. The van der Waals surface area contributed by atoms with Gasteiger partial charge in [-0.2, -0.15) is 0 Å². The molecule has 1 aromatic rings. The number of nitrogens with one attached hydrogen (secondary N) is 1. The topological polar surface area (TPSA) is 94.1 Å². The first kappa shape index (κ1) is 11.9. The highest BCUT2D eigenvalue weighted by atomic mass is 79.9. The summed E-state index contributed by atoms with van der Waals surface area (Å²) in [5, 5.41) is 13.5. The van der Waals surface area contributed by atoms with Gasteiger partial charge in [0.25, 0.3) is 0 Å². The molecular formula is C8H11BrN4O2. The molecule has 82 valence electrons. The predicted octanol–water partition coefficient (Wildman–Crippen LogP) is 1.51. The number of anilines is 1. The zero-order valence-electron chi connectivity index (χ0n) is 8.11. The summed E-state index contributed by atoms with van der Waals surface area (Å²) in [6.07, 6.45) is 1.50. The molecule has 1 aromatic heterocycles. The fourth-order valence-corrected chi connectivity index (χ4v) is 1.28. The molecule has 15 heavy (non-hydrogen) atoms. The second kappa shape index (κ2) is 5.04. The van der Waals surface area contributed by atoms with Crippen LogP contribution in [0.25, 0.3) is 0 Å². The average Bonchev–Trinajstić information content (AvgIpc) is 2.15. The predicted molar refractivity (Wildman–Crippen MR) is 60.7 cm³/mol. The summed E-state index contributed by atoms with van der Waals surface area (Å²) in [6.45, 7) is 2.24. The first-order valence-corrected chi connectivity index (χ1v) is 5.09. The number of nitrogens with two attached hydrogens (primary N) is 1. The second-order valence-corrected chi connectivity index (χ2v) is 4.05. The van der Waals surface area contributed by atoms with Gasteiger partial charge in [0, 0.05) is 29.3 Å². The zero-order chi connectivity index (χ0) is 11.4. The maximum absolute atomic E-state index is 10.7. The third-order valence-corrected chi connectivity index (χ3v) is 2.06. The maximum Gasteiger partial charge on any atom is 0.312 e. The van der Waals surface area contributed by atoms with Crippen molar-refractivity contribution in [3.8, 4) is 0 Å². The van der Waals surface area contributed by atoms with Crippen molar-refractivity contribution in [2.75, 3.05) is 11.9 Å². The normalized spacial score (nSPS) is 12.2. The number of pyridine rings is 1. The summed E-state index contributed by atoms with van der Waals surface area (Å²) in [6, 6.07) is 1.31. The quantitative estimate of drug-likeness (QED) is 0.641. The van der Waals surface area contributed by atoms with Crippen molar-refractivity contribution in [1.29, 1.82) is 0 Å². The highest BCUT2D eigenvalue weighted by Crippen LogP contribution is 2.24. The zero-order valence-corrected chi connectivity index (χ0v) is 9.69. The lowest BCUT2D eigenvalue weighted by molar-refractivity contribution is -0.384. The summed E-state index contributed by atoms with van der Waals surface area (Å²) in [5.74, 6) is 0.237. The number of nitrogens with zero attached hydrogens (tertiary/aromatic N) is 2. The Hall–Kier alpha value is -1.21. The molecule has 3 N–H and O–H groups in total. The lowest BCUT2D eigenvalue weighted by Gasteiger charge is -2.08. The van der Waals surface area contributed by atoms with E-state index in [-0.39, 0.29) is 17.5 Å². The molecule has 7 heteroatoms. The Morgan fingerprint density at radius 2 is 2.47 bits per heavy atom. The molecule has 1 atom stereocenters. The molecule has 0 radical (unpaired) electrons. The Morgan fingerprint density at radius 3 is 3.00 bits per heavy atom. The van der Waals surface area contributed by atoms with E-state index in [9.17, 15) is 10.1 Å². The van der Waals surface area contributed by atoms with Crippen LogP contribution in [-0.4, -0.2) is 22.5 Å². The summed E-state index contributed by atoms with van der Waals surface area (Å²) in [7, 11) is 0. The van der Waals surface area contributed by atoms with Crippen LogP contribution in [0, 0.1) is 10.1 Å². The standard InChI is InChI=1S/C8H11BrN4O2/c1-5(10)3-11-8-7(13(14)15)2-6(9)4-12-8/h2,4-5H,3,10H2,1H3,(H,11,12). The summed E-state index contributed by atoms with van der Waals surface area (Å²) in [4.78, 5) is 14.1. The molecule has 1 rings (SSSR count). The molecule has 6 nitrogen and oxygen atoms in total. The van der Waals surface area contributed by atoms with E-state index in [0.29, 0.717) is 11.0 Å². The van der Waals surface area contributed by atoms with E-state index in [1.807, 2.05) is 0 Å². The van der Waals surface area contributed by atoms with Crippen LogP contribution < -0.4 is 11.1 Å². The van der Waals surface area contributed by atoms with Gasteiger partial charge in [-0.05, 0) is 22.9 Å². The van der Waals surface area contributed by atoms with Gasteiger partial charge in [-0.15, -0.1) is 0 Å². The summed E-state index contributed by atoms with van der Waals surface area (Å²) in [5.41, 5.74) is 5.46. The molecule has 0 amide bonds. The number of aromatic nitrogens is 1. The monoisotopic (exact) mass is 274 g/mol. The van der Waals surface area contributed by atoms with Crippen LogP contribution in [-0.2, 0) is 0 Å². The number of rotatable bonds is 4. The van der Waals surface area contributed by atoms with Crippen LogP contribution in [0.3, 0.4) is 0 Å². The Bertz CT molecular complexity index is 370. The van der Waals surface area contributed by atoms with Crippen molar-refractivity contribution >= 4 is 27.4 Å². The molecule has 0 aromatic carbocycles. The van der Waals surface area contributed by atoms with Gasteiger partial charge in [0.1, 0.15) is 0 Å². The summed E-state index contributed by atoms with van der Waals surface area (Å²) < 4.78 is 0.570. The summed E-state index contributed by atoms with van der Waals surface area (Å²) >= 11 is 3.13. The molecule has 0 aliphatic rings. The molecule has 1 unspecified atom stereocenters. The van der Waals surface area contributed by atoms with Crippen molar-refractivity contribution in [2.24, 2.45) is 5.73 Å². The fraction of sp³-hybridized carbons (Fsp3) is 0.375. The van der Waals surface area contributed by atoms with Crippen molar-refractivity contribution < 1.29 is 4.92 Å². The Labute approximate surface area is 95.2 Å². The lowest BCUT2D eigenvalue weighted by Crippen LogP contribution is -2.25. The molecule has 0 fully saturated rings. The minimum atomic E-state index is -0.485. The molecular weight excluding hydrogens is 264 g/mol. The number of nitro groups is 1. The smallest absolute Gasteiger partial charge is 0.312 e. The highest BCUT2D eigenvalue weighted by molar-refractivity contribution is 9.10. The van der Waals surface area contributed by atoms with Gasteiger partial charge >= 0.3 is 5.69 Å². The van der Waals surface area contributed by atoms with E-state index in [0.717, 1.165) is 0 Å². The van der Waals surface area contributed by atoms with Crippen molar-refractivity contribution in [3.05, 3.63) is 26.9 Å². The van der Waals surface area contributed by atoms with Crippen molar-refractivity contribution in [1.82, 2.24) is 4.98 Å². The van der Waals surface area contributed by atoms with Gasteiger partial charge in [-0.1, -0.05) is 0 Å². The van der Waals surface area contributed by atoms with Crippen molar-refractivity contribution in [2.45, 2.75) is 13.0 Å². The van der Waals surface area contributed by atoms with E-state index in [1.165, 1.54) is 12.3 Å². The number of hydrogen-bond acceptors (Lipinski definition) is 5. The second-order valence-electron chi connectivity index (χ2n) is 3.14. The van der Waals surface area contributed by atoms with Crippen LogP contribution in [0.1, 0.15) is 6.92 Å². The van der Waals surface area contributed by atoms with Crippen LogP contribution in [0.2, 0.25) is 0 Å². The SMILES string of the molecule is CC(N)CNc1ncc(Br)cc1[N+](=O)[O-]. The van der Waals surface area contributed by atoms with Crippen LogP contribution in [0.5, 0.6) is 0 Å². The van der Waals surface area contributed by atoms with Gasteiger partial charge in [-0.25, -0.2) is 4.98 Å². The molecule has 0 aliphatic carbocycles. The highest BCUT2D eigenvalue weighted by Gasteiger charge is 2.15. The molecule has 0 saturated heterocycles. The van der Waals surface area contributed by atoms with Gasteiger partial charge < -0.3 is 11.1 Å². The van der Waals surface area contributed by atoms with Crippen LogP contribution >= 0.6 is 15.9 Å². The molecule has 0 saturated carbocycles.